The van der Waals surface area contributed by atoms with Crippen LogP contribution in [0.15, 0.2) is 0 Å². The van der Waals surface area contributed by atoms with E-state index in [4.69, 9.17) is 11.1 Å². The van der Waals surface area contributed by atoms with Crippen LogP contribution < -0.4 is 0 Å². The van der Waals surface area contributed by atoms with E-state index in [1.54, 1.807) is 0 Å². The topological polar surface area (TPSA) is 0 Å². The van der Waals surface area contributed by atoms with Crippen molar-refractivity contribution in [2.75, 3.05) is 0 Å². The first kappa shape index (κ1) is 15.7. The van der Waals surface area contributed by atoms with Crippen LogP contribution in [0, 0.1) is 0 Å². The molecule has 0 aliphatic rings. The van der Waals surface area contributed by atoms with Crippen LogP contribution in [0.2, 0.25) is 15.1 Å². The van der Waals surface area contributed by atoms with Crippen LogP contribution in [0.5, 0.6) is 0 Å². The van der Waals surface area contributed by atoms with Crippen LogP contribution in [0.3, 0.4) is 0 Å². The Kier molecular flexibility index (Phi) is 4.39. The molecule has 0 heterocycles. The van der Waals surface area contributed by atoms with Crippen LogP contribution in [-0.2, 0) is 0 Å². The molecule has 0 bridgehead atoms. The molecule has 2 radical (unpaired) electrons. The summed E-state index contributed by atoms with van der Waals surface area (Å²) in [5.41, 5.74) is 0. The van der Waals surface area contributed by atoms with Gasteiger partial charge in [-0.15, -0.1) is 0 Å². The van der Waals surface area contributed by atoms with Gasteiger partial charge in [0.25, 0.3) is 0 Å². The van der Waals surface area contributed by atoms with Crippen molar-refractivity contribution in [2.24, 2.45) is 0 Å². The van der Waals surface area contributed by atoms with E-state index >= 15 is 0 Å². The zero-order chi connectivity index (χ0) is 12.7. The standard InChI is InChI=1S/C12H27ClSi2/c1-10(2,3)15(14-13,11(4,5)6)12(7,8)9/h1-9H3. The fourth-order valence-corrected chi connectivity index (χ4v) is 21.6. The zero-order valence-electron chi connectivity index (χ0n) is 11.9. The van der Waals surface area contributed by atoms with Crippen molar-refractivity contribution in [3.05, 3.63) is 0 Å². The zero-order valence-corrected chi connectivity index (χ0v) is 14.6. The predicted molar refractivity (Wildman–Crippen MR) is 76.5 cm³/mol. The summed E-state index contributed by atoms with van der Waals surface area (Å²) in [6.45, 7) is 21.4. The summed E-state index contributed by atoms with van der Waals surface area (Å²) in [5.74, 6) is 0. The molecule has 0 atom stereocenters. The maximum Gasteiger partial charge on any atom is 0.160 e. The van der Waals surface area contributed by atoms with E-state index in [0.29, 0.717) is 23.5 Å². The lowest BCUT2D eigenvalue weighted by molar-refractivity contribution is 0.556. The highest BCUT2D eigenvalue weighted by atomic mass is 35.6. The second kappa shape index (κ2) is 4.19. The molecule has 0 unspecified atom stereocenters. The number of rotatable bonds is 1. The van der Waals surface area contributed by atoms with Gasteiger partial charge in [-0.2, -0.15) is 11.1 Å². The van der Waals surface area contributed by atoms with E-state index in [1.165, 1.54) is 0 Å². The van der Waals surface area contributed by atoms with Crippen LogP contribution in [0.25, 0.3) is 0 Å². The molecule has 0 fully saturated rings. The van der Waals surface area contributed by atoms with Gasteiger partial charge in [-0.1, -0.05) is 62.3 Å². The van der Waals surface area contributed by atoms with E-state index in [0.717, 1.165) is 0 Å². The summed E-state index contributed by atoms with van der Waals surface area (Å²) in [4.78, 5) is 0. The first-order chi connectivity index (χ1) is 6.31. The maximum absolute atomic E-state index is 6.47. The Morgan fingerprint density at radius 3 is 0.867 bits per heavy atom. The van der Waals surface area contributed by atoms with Crippen molar-refractivity contribution in [1.82, 2.24) is 0 Å². The molecular weight excluding hydrogens is 236 g/mol. The van der Waals surface area contributed by atoms with Crippen molar-refractivity contribution >= 4 is 27.0 Å². The minimum atomic E-state index is -1.58. The minimum absolute atomic E-state index is 0.351. The van der Waals surface area contributed by atoms with Crippen molar-refractivity contribution in [3.8, 4) is 0 Å². The van der Waals surface area contributed by atoms with Gasteiger partial charge in [0, 0.05) is 0 Å². The summed E-state index contributed by atoms with van der Waals surface area (Å²) in [6, 6.07) is 0. The summed E-state index contributed by atoms with van der Waals surface area (Å²) >= 11 is 6.47. The van der Waals surface area contributed by atoms with E-state index in [9.17, 15) is 0 Å². The van der Waals surface area contributed by atoms with Gasteiger partial charge in [0.2, 0.25) is 0 Å². The molecule has 15 heavy (non-hydrogen) atoms. The summed E-state index contributed by atoms with van der Waals surface area (Å²) in [5, 5.41) is 1.05. The third-order valence-corrected chi connectivity index (χ3v) is 20.7. The highest BCUT2D eigenvalue weighted by molar-refractivity contribution is 7.44. The van der Waals surface area contributed by atoms with Gasteiger partial charge >= 0.3 is 0 Å². The smallest absolute Gasteiger partial charge is 0.160 e. The highest BCUT2D eigenvalue weighted by Gasteiger charge is 2.59. The average Bonchev–Trinajstić information content (AvgIpc) is 1.76. The lowest BCUT2D eigenvalue weighted by Gasteiger charge is -2.58. The Labute approximate surface area is 105 Å². The predicted octanol–water partition coefficient (Wildman–Crippen LogP) is 5.19. The fourth-order valence-electron chi connectivity index (χ4n) is 3.80. The first-order valence-electron chi connectivity index (χ1n) is 5.69. The Bertz CT molecular complexity index is 179. The molecule has 0 aromatic rings. The first-order valence-corrected chi connectivity index (χ1v) is 10.7. The lowest BCUT2D eigenvalue weighted by Crippen LogP contribution is -2.62. The molecule has 0 spiro atoms. The quantitative estimate of drug-likeness (QED) is 0.451. The molecule has 0 N–H and O–H groups in total. The maximum atomic E-state index is 6.47. The van der Waals surface area contributed by atoms with E-state index in [1.807, 2.05) is 0 Å². The van der Waals surface area contributed by atoms with Crippen LogP contribution in [-0.4, -0.2) is 15.9 Å². The van der Waals surface area contributed by atoms with Crippen molar-refractivity contribution in [2.45, 2.75) is 77.4 Å². The molecule has 90 valence electrons. The van der Waals surface area contributed by atoms with Crippen LogP contribution in [0.1, 0.15) is 62.3 Å². The van der Waals surface area contributed by atoms with Gasteiger partial charge in [0.05, 0.1) is 7.59 Å². The van der Waals surface area contributed by atoms with E-state index < -0.39 is 7.59 Å². The Morgan fingerprint density at radius 2 is 0.867 bits per heavy atom. The summed E-state index contributed by atoms with van der Waals surface area (Å²) in [7, 11) is -0.997. The minimum Gasteiger partial charge on any atom is -0.175 e. The molecule has 0 amide bonds. The summed E-state index contributed by atoms with van der Waals surface area (Å²) < 4.78 is 0. The van der Waals surface area contributed by atoms with Gasteiger partial charge < -0.3 is 0 Å². The monoisotopic (exact) mass is 262 g/mol. The van der Waals surface area contributed by atoms with Gasteiger partial charge in [-0.25, -0.2) is 0 Å². The van der Waals surface area contributed by atoms with Gasteiger partial charge in [-0.05, 0) is 15.1 Å². The van der Waals surface area contributed by atoms with Gasteiger partial charge in [-0.3, -0.25) is 0 Å². The molecule has 0 aliphatic heterocycles. The van der Waals surface area contributed by atoms with Crippen molar-refractivity contribution < 1.29 is 0 Å². The number of halogens is 1. The van der Waals surface area contributed by atoms with Crippen molar-refractivity contribution in [1.29, 1.82) is 0 Å². The Morgan fingerprint density at radius 1 is 0.667 bits per heavy atom. The van der Waals surface area contributed by atoms with Gasteiger partial charge in [0.1, 0.15) is 0 Å². The molecule has 3 heteroatoms. The third kappa shape index (κ3) is 2.53. The van der Waals surface area contributed by atoms with Crippen LogP contribution >= 0.6 is 11.1 Å². The molecule has 0 aromatic carbocycles. The largest absolute Gasteiger partial charge is 0.175 e. The molecule has 0 saturated heterocycles. The molecule has 0 aromatic heterocycles. The average molecular weight is 263 g/mol. The molecule has 0 saturated carbocycles. The Balaban J connectivity index is 5.78. The second-order valence-corrected chi connectivity index (χ2v) is 18.3. The van der Waals surface area contributed by atoms with Crippen LogP contribution in [0.4, 0.5) is 0 Å². The van der Waals surface area contributed by atoms with E-state index in [2.05, 4.69) is 62.3 Å². The number of hydrogen-bond acceptors (Lipinski definition) is 0. The SMILES string of the molecule is CC(C)(C)[Si]([Si]Cl)(C(C)(C)C)C(C)(C)C. The molecule has 0 nitrogen and oxygen atoms in total. The molecule has 0 aliphatic carbocycles. The Hall–Kier alpha value is 0.724. The normalized spacial score (nSPS) is 15.6. The summed E-state index contributed by atoms with van der Waals surface area (Å²) in [6.07, 6.45) is 0. The molecular formula is C12H27ClSi2. The second-order valence-electron chi connectivity index (χ2n) is 7.59. The lowest BCUT2D eigenvalue weighted by atomic mass is 10.2. The number of hydrogen-bond donors (Lipinski definition) is 0. The van der Waals surface area contributed by atoms with Gasteiger partial charge in [0.15, 0.2) is 8.35 Å². The fraction of sp³-hybridized carbons (Fsp3) is 1.00. The molecule has 0 rings (SSSR count). The van der Waals surface area contributed by atoms with E-state index in [-0.39, 0.29) is 0 Å². The highest BCUT2D eigenvalue weighted by Crippen LogP contribution is 2.61. The van der Waals surface area contributed by atoms with Crippen molar-refractivity contribution in [3.63, 3.8) is 0 Å². The third-order valence-electron chi connectivity index (χ3n) is 3.52.